The predicted molar refractivity (Wildman–Crippen MR) is 71.9 cm³/mol. The van der Waals surface area contributed by atoms with Gasteiger partial charge in [-0.1, -0.05) is 6.07 Å². The van der Waals surface area contributed by atoms with E-state index in [1.165, 1.54) is 0 Å². The molecule has 0 bridgehead atoms. The van der Waals surface area contributed by atoms with Crippen molar-refractivity contribution in [1.82, 2.24) is 9.88 Å². The van der Waals surface area contributed by atoms with Crippen molar-refractivity contribution < 1.29 is 5.11 Å². The fourth-order valence-electron chi connectivity index (χ4n) is 1.88. The second-order valence-corrected chi connectivity index (χ2v) is 4.42. The molecule has 0 atom stereocenters. The first-order chi connectivity index (χ1) is 8.65. The first kappa shape index (κ1) is 12.4. The number of anilines is 1. The summed E-state index contributed by atoms with van der Waals surface area (Å²) in [5.74, 6) is 0.280. The first-order valence-corrected chi connectivity index (χ1v) is 5.80. The number of nitrogen functional groups attached to an aromatic ring is 1. The molecule has 0 unspecified atom stereocenters. The van der Waals surface area contributed by atoms with Crippen LogP contribution in [0.3, 0.4) is 0 Å². The maximum atomic E-state index is 9.76. The lowest BCUT2D eigenvalue weighted by Gasteiger charge is -2.17. The summed E-state index contributed by atoms with van der Waals surface area (Å²) in [5.41, 5.74) is 8.36. The number of pyridine rings is 1. The smallest absolute Gasteiger partial charge is 0.120 e. The largest absolute Gasteiger partial charge is 0.508 e. The Balaban J connectivity index is 2.03. The number of nitrogens with zero attached hydrogens (tertiary/aromatic N) is 2. The van der Waals surface area contributed by atoms with Gasteiger partial charge in [-0.15, -0.1) is 0 Å². The number of hydrogen-bond acceptors (Lipinski definition) is 4. The Bertz CT molecular complexity index is 514. The molecule has 0 radical (unpaired) electrons. The van der Waals surface area contributed by atoms with Crippen LogP contribution in [0.2, 0.25) is 0 Å². The summed E-state index contributed by atoms with van der Waals surface area (Å²) < 4.78 is 0. The number of phenolic OH excluding ortho intramolecular Hbond substituents is 1. The lowest BCUT2D eigenvalue weighted by atomic mass is 10.1. The monoisotopic (exact) mass is 243 g/mol. The molecule has 0 spiro atoms. The van der Waals surface area contributed by atoms with Gasteiger partial charge in [-0.2, -0.15) is 0 Å². The molecule has 0 aliphatic rings. The molecule has 0 fully saturated rings. The van der Waals surface area contributed by atoms with Crippen molar-refractivity contribution in [1.29, 1.82) is 0 Å². The molecule has 4 heteroatoms. The van der Waals surface area contributed by atoms with E-state index in [2.05, 4.69) is 9.88 Å². The van der Waals surface area contributed by atoms with Crippen molar-refractivity contribution in [2.45, 2.75) is 13.1 Å². The summed E-state index contributed by atoms with van der Waals surface area (Å²) in [7, 11) is 2.00. The summed E-state index contributed by atoms with van der Waals surface area (Å²) in [4.78, 5) is 6.18. The second-order valence-electron chi connectivity index (χ2n) is 4.42. The van der Waals surface area contributed by atoms with E-state index in [1.807, 2.05) is 25.4 Å². The van der Waals surface area contributed by atoms with Crippen LogP contribution in [0.5, 0.6) is 5.75 Å². The highest BCUT2D eigenvalue weighted by molar-refractivity contribution is 5.47. The third kappa shape index (κ3) is 3.21. The van der Waals surface area contributed by atoms with Crippen LogP contribution in [0.1, 0.15) is 11.1 Å². The molecule has 94 valence electrons. The number of aromatic nitrogens is 1. The molecule has 0 amide bonds. The zero-order chi connectivity index (χ0) is 13.0. The van der Waals surface area contributed by atoms with Crippen LogP contribution in [-0.2, 0) is 13.1 Å². The number of benzene rings is 1. The molecular weight excluding hydrogens is 226 g/mol. The Kier molecular flexibility index (Phi) is 3.79. The van der Waals surface area contributed by atoms with Gasteiger partial charge >= 0.3 is 0 Å². The van der Waals surface area contributed by atoms with E-state index in [0.29, 0.717) is 12.2 Å². The average Bonchev–Trinajstić information content (AvgIpc) is 2.35. The highest BCUT2D eigenvalue weighted by Gasteiger charge is 2.06. The van der Waals surface area contributed by atoms with Crippen molar-refractivity contribution in [2.75, 3.05) is 12.8 Å². The molecule has 2 aromatic rings. The Labute approximate surface area is 107 Å². The third-order valence-corrected chi connectivity index (χ3v) is 2.72. The van der Waals surface area contributed by atoms with Crippen LogP contribution >= 0.6 is 0 Å². The molecule has 0 aliphatic carbocycles. The summed E-state index contributed by atoms with van der Waals surface area (Å²) in [6, 6.07) is 9.07. The molecule has 1 heterocycles. The van der Waals surface area contributed by atoms with Crippen LogP contribution < -0.4 is 5.73 Å². The van der Waals surface area contributed by atoms with Crippen molar-refractivity contribution in [2.24, 2.45) is 0 Å². The molecule has 0 aliphatic heterocycles. The van der Waals surface area contributed by atoms with Gasteiger partial charge in [0.25, 0.3) is 0 Å². The van der Waals surface area contributed by atoms with Gasteiger partial charge in [0, 0.05) is 36.7 Å². The van der Waals surface area contributed by atoms with E-state index in [9.17, 15) is 5.11 Å². The number of phenols is 1. The van der Waals surface area contributed by atoms with Gasteiger partial charge in [0.05, 0.1) is 0 Å². The topological polar surface area (TPSA) is 62.4 Å². The minimum absolute atomic E-state index is 0.280. The quantitative estimate of drug-likeness (QED) is 0.637. The van der Waals surface area contributed by atoms with Gasteiger partial charge in [0.1, 0.15) is 5.75 Å². The SMILES string of the molecule is CN(Cc1cccnc1)Cc1cc(N)ccc1O. The van der Waals surface area contributed by atoms with Gasteiger partial charge in [0.15, 0.2) is 0 Å². The van der Waals surface area contributed by atoms with Crippen LogP contribution in [-0.4, -0.2) is 22.0 Å². The molecule has 2 rings (SSSR count). The number of rotatable bonds is 4. The number of nitrogens with two attached hydrogens (primary N) is 1. The highest BCUT2D eigenvalue weighted by Crippen LogP contribution is 2.21. The normalized spacial score (nSPS) is 10.8. The van der Waals surface area contributed by atoms with Gasteiger partial charge < -0.3 is 10.8 Å². The van der Waals surface area contributed by atoms with E-state index < -0.39 is 0 Å². The van der Waals surface area contributed by atoms with Gasteiger partial charge in [-0.25, -0.2) is 0 Å². The summed E-state index contributed by atoms with van der Waals surface area (Å²) in [5, 5.41) is 9.76. The lowest BCUT2D eigenvalue weighted by molar-refractivity contribution is 0.312. The molecule has 0 saturated heterocycles. The lowest BCUT2D eigenvalue weighted by Crippen LogP contribution is -2.17. The van der Waals surface area contributed by atoms with E-state index in [-0.39, 0.29) is 5.75 Å². The predicted octanol–water partition coefficient (Wildman–Crippen LogP) is 2.00. The van der Waals surface area contributed by atoms with Gasteiger partial charge in [0.2, 0.25) is 0 Å². The molecule has 0 saturated carbocycles. The molecular formula is C14H17N3O. The number of hydrogen-bond donors (Lipinski definition) is 2. The fraction of sp³-hybridized carbons (Fsp3) is 0.214. The highest BCUT2D eigenvalue weighted by atomic mass is 16.3. The van der Waals surface area contributed by atoms with E-state index in [4.69, 9.17) is 5.73 Å². The van der Waals surface area contributed by atoms with E-state index in [1.54, 1.807) is 24.4 Å². The second kappa shape index (κ2) is 5.51. The minimum Gasteiger partial charge on any atom is -0.508 e. The first-order valence-electron chi connectivity index (χ1n) is 5.80. The molecule has 1 aromatic carbocycles. The van der Waals surface area contributed by atoms with Crippen LogP contribution in [0.4, 0.5) is 5.69 Å². The minimum atomic E-state index is 0.280. The molecule has 3 N–H and O–H groups in total. The van der Waals surface area contributed by atoms with Gasteiger partial charge in [-0.3, -0.25) is 9.88 Å². The summed E-state index contributed by atoms with van der Waals surface area (Å²) in [6.45, 7) is 1.42. The third-order valence-electron chi connectivity index (χ3n) is 2.72. The number of aromatic hydroxyl groups is 1. The summed E-state index contributed by atoms with van der Waals surface area (Å²) >= 11 is 0. The van der Waals surface area contributed by atoms with Crippen LogP contribution in [0, 0.1) is 0 Å². The zero-order valence-corrected chi connectivity index (χ0v) is 10.4. The zero-order valence-electron chi connectivity index (χ0n) is 10.4. The average molecular weight is 243 g/mol. The maximum Gasteiger partial charge on any atom is 0.120 e. The summed E-state index contributed by atoms with van der Waals surface area (Å²) in [6.07, 6.45) is 3.60. The molecule has 18 heavy (non-hydrogen) atoms. The Morgan fingerprint density at radius 3 is 2.83 bits per heavy atom. The van der Waals surface area contributed by atoms with Crippen molar-refractivity contribution in [3.8, 4) is 5.75 Å². The fourth-order valence-corrected chi connectivity index (χ4v) is 1.88. The van der Waals surface area contributed by atoms with Crippen LogP contribution in [0.15, 0.2) is 42.7 Å². The standard InChI is InChI=1S/C14H17N3O/c1-17(9-11-3-2-6-16-8-11)10-12-7-13(15)4-5-14(12)18/h2-8,18H,9-10,15H2,1H3. The van der Waals surface area contributed by atoms with Crippen molar-refractivity contribution >= 4 is 5.69 Å². The van der Waals surface area contributed by atoms with Crippen molar-refractivity contribution in [3.63, 3.8) is 0 Å². The van der Waals surface area contributed by atoms with Gasteiger partial charge in [-0.05, 0) is 36.9 Å². The molecule has 4 nitrogen and oxygen atoms in total. The van der Waals surface area contributed by atoms with E-state index in [0.717, 1.165) is 17.7 Å². The maximum absolute atomic E-state index is 9.76. The van der Waals surface area contributed by atoms with Crippen molar-refractivity contribution in [3.05, 3.63) is 53.9 Å². The Morgan fingerprint density at radius 2 is 2.11 bits per heavy atom. The van der Waals surface area contributed by atoms with Crippen LogP contribution in [0.25, 0.3) is 0 Å². The Morgan fingerprint density at radius 1 is 1.28 bits per heavy atom. The Hall–Kier alpha value is -2.07. The molecule has 1 aromatic heterocycles. The van der Waals surface area contributed by atoms with E-state index >= 15 is 0 Å².